The largest absolute Gasteiger partial charge is 0.335 e. The second-order valence-corrected chi connectivity index (χ2v) is 8.70. The van der Waals surface area contributed by atoms with Crippen molar-refractivity contribution in [2.45, 2.75) is 0 Å². The van der Waals surface area contributed by atoms with Crippen molar-refractivity contribution < 1.29 is 22.4 Å². The molecule has 0 aliphatic carbocycles. The van der Waals surface area contributed by atoms with Crippen LogP contribution in [0.15, 0.2) is 52.6 Å². The third-order valence-electron chi connectivity index (χ3n) is 5.00. The van der Waals surface area contributed by atoms with Crippen molar-refractivity contribution in [3.63, 3.8) is 0 Å². The maximum absolute atomic E-state index is 13.3. The van der Waals surface area contributed by atoms with E-state index in [0.29, 0.717) is 37.6 Å². The van der Waals surface area contributed by atoms with Crippen LogP contribution in [0.3, 0.4) is 0 Å². The number of halogens is 1. The van der Waals surface area contributed by atoms with E-state index in [2.05, 4.69) is 4.40 Å². The van der Waals surface area contributed by atoms with Gasteiger partial charge in [0.05, 0.1) is 11.3 Å². The number of nitrogens with zero attached hydrogens (tertiary/aromatic N) is 4. The van der Waals surface area contributed by atoms with E-state index in [0.717, 1.165) is 0 Å². The van der Waals surface area contributed by atoms with Crippen LogP contribution in [0.5, 0.6) is 0 Å². The van der Waals surface area contributed by atoms with E-state index in [1.807, 2.05) is 0 Å². The van der Waals surface area contributed by atoms with Gasteiger partial charge in [0.1, 0.15) is 11.7 Å². The van der Waals surface area contributed by atoms with Crippen molar-refractivity contribution >= 4 is 27.7 Å². The molecule has 0 saturated carbocycles. The van der Waals surface area contributed by atoms with E-state index < -0.39 is 15.8 Å². The maximum Gasteiger partial charge on any atom is 0.256 e. The fourth-order valence-corrected chi connectivity index (χ4v) is 4.40. The van der Waals surface area contributed by atoms with Crippen LogP contribution in [0.4, 0.5) is 4.39 Å². The number of amidine groups is 1. The molecule has 29 heavy (non-hydrogen) atoms. The molecule has 0 unspecified atom stereocenters. The molecule has 10 heteroatoms. The minimum atomic E-state index is -3.44. The Balaban J connectivity index is 1.39. The smallest absolute Gasteiger partial charge is 0.256 e. The first-order chi connectivity index (χ1) is 13.8. The summed E-state index contributed by atoms with van der Waals surface area (Å²) in [6.45, 7) is 1.68. The normalized spacial score (nSPS) is 20.7. The second-order valence-electron chi connectivity index (χ2n) is 6.94. The minimum Gasteiger partial charge on any atom is -0.335 e. The first-order valence-corrected chi connectivity index (χ1v) is 10.8. The molecular weight excluding hydrogens is 399 g/mol. The predicted octanol–water partition coefficient (Wildman–Crippen LogP) is 0.608. The first kappa shape index (κ1) is 19.3. The molecule has 2 amide bonds. The van der Waals surface area contributed by atoms with Crippen molar-refractivity contribution in [3.05, 3.63) is 59.6 Å². The van der Waals surface area contributed by atoms with Gasteiger partial charge >= 0.3 is 0 Å². The van der Waals surface area contributed by atoms with Crippen molar-refractivity contribution in [2.24, 2.45) is 4.40 Å². The monoisotopic (exact) mass is 418 g/mol. The summed E-state index contributed by atoms with van der Waals surface area (Å²) in [5, 5.41) is 0. The molecule has 0 bridgehead atoms. The number of piperazine rings is 1. The van der Waals surface area contributed by atoms with Gasteiger partial charge in [-0.05, 0) is 30.4 Å². The number of carbonyl (C=O) groups is 2. The average Bonchev–Trinajstić information content (AvgIpc) is 2.72. The molecule has 1 aromatic carbocycles. The van der Waals surface area contributed by atoms with Crippen molar-refractivity contribution in [1.29, 1.82) is 0 Å². The Morgan fingerprint density at radius 2 is 1.66 bits per heavy atom. The minimum absolute atomic E-state index is 0.0941. The average molecular weight is 418 g/mol. The molecule has 0 N–H and O–H groups in total. The summed E-state index contributed by atoms with van der Waals surface area (Å²) in [6, 6.07) is 5.55. The molecule has 1 saturated heterocycles. The van der Waals surface area contributed by atoms with Crippen molar-refractivity contribution in [2.75, 3.05) is 38.5 Å². The Morgan fingerprint density at radius 1 is 0.966 bits per heavy atom. The lowest BCUT2D eigenvalue weighted by atomic mass is 10.1. The molecule has 0 aromatic heterocycles. The zero-order valence-corrected chi connectivity index (χ0v) is 16.3. The van der Waals surface area contributed by atoms with Crippen LogP contribution in [-0.2, 0) is 14.8 Å². The van der Waals surface area contributed by atoms with E-state index in [4.69, 9.17) is 0 Å². The van der Waals surface area contributed by atoms with Gasteiger partial charge in [0.25, 0.3) is 21.8 Å². The van der Waals surface area contributed by atoms with Gasteiger partial charge in [-0.1, -0.05) is 6.07 Å². The van der Waals surface area contributed by atoms with Crippen molar-refractivity contribution in [1.82, 2.24) is 14.7 Å². The molecule has 3 aliphatic rings. The van der Waals surface area contributed by atoms with Gasteiger partial charge < -0.3 is 14.7 Å². The zero-order chi connectivity index (χ0) is 20.6. The number of hydrogen-bond donors (Lipinski definition) is 0. The molecule has 1 aromatic rings. The molecule has 3 aliphatic heterocycles. The number of amides is 2. The summed E-state index contributed by atoms with van der Waals surface area (Å²) in [7, 11) is -3.44. The maximum atomic E-state index is 13.3. The molecule has 4 rings (SSSR count). The highest BCUT2D eigenvalue weighted by Crippen LogP contribution is 2.18. The lowest BCUT2D eigenvalue weighted by Gasteiger charge is -2.35. The molecule has 152 valence electrons. The van der Waals surface area contributed by atoms with Crippen LogP contribution in [-0.4, -0.2) is 79.2 Å². The number of carbonyl (C=O) groups excluding carboxylic acids is 2. The van der Waals surface area contributed by atoms with Gasteiger partial charge in [-0.15, -0.1) is 4.40 Å². The summed E-state index contributed by atoms with van der Waals surface area (Å²) >= 11 is 0. The third kappa shape index (κ3) is 4.07. The van der Waals surface area contributed by atoms with Gasteiger partial charge in [-0.2, -0.15) is 0 Å². The second kappa shape index (κ2) is 7.43. The van der Waals surface area contributed by atoms with Crippen LogP contribution in [0.2, 0.25) is 0 Å². The highest BCUT2D eigenvalue weighted by atomic mass is 32.2. The van der Waals surface area contributed by atoms with Gasteiger partial charge in [0.15, 0.2) is 0 Å². The molecule has 0 radical (unpaired) electrons. The van der Waals surface area contributed by atoms with Crippen molar-refractivity contribution in [3.8, 4) is 0 Å². The van der Waals surface area contributed by atoms with E-state index in [9.17, 15) is 22.4 Å². The predicted molar refractivity (Wildman–Crippen MR) is 104 cm³/mol. The lowest BCUT2D eigenvalue weighted by Crippen LogP contribution is -2.51. The number of rotatable bonds is 2. The number of fused-ring (bicyclic) bond motifs is 1. The standard InChI is InChI=1S/C19H19FN4O4S/c20-16-3-1-2-14(12-16)18(25)22-6-8-23(9-7-22)19(26)15-4-5-17-21-29(27,28)11-10-24(17)13-15/h1-5,12-13H,6-11H2. The van der Waals surface area contributed by atoms with E-state index in [1.165, 1.54) is 24.3 Å². The summed E-state index contributed by atoms with van der Waals surface area (Å²) < 4.78 is 40.2. The number of benzene rings is 1. The summed E-state index contributed by atoms with van der Waals surface area (Å²) in [5.74, 6) is -0.703. The van der Waals surface area contributed by atoms with E-state index >= 15 is 0 Å². The van der Waals surface area contributed by atoms with Gasteiger partial charge in [0.2, 0.25) is 0 Å². The summed E-state index contributed by atoms with van der Waals surface area (Å²) in [4.78, 5) is 30.2. The van der Waals surface area contributed by atoms with Crippen LogP contribution in [0.1, 0.15) is 10.4 Å². The van der Waals surface area contributed by atoms with Gasteiger partial charge in [-0.25, -0.2) is 12.8 Å². The Labute approximate surface area is 167 Å². The summed E-state index contributed by atoms with van der Waals surface area (Å²) in [5.41, 5.74) is 0.725. The number of sulfonamides is 1. The Morgan fingerprint density at radius 3 is 2.34 bits per heavy atom. The fraction of sp³-hybridized carbons (Fsp3) is 0.316. The summed E-state index contributed by atoms with van der Waals surface area (Å²) in [6.07, 6.45) is 4.69. The number of hydrogen-bond acceptors (Lipinski definition) is 5. The van der Waals surface area contributed by atoms with Crippen LogP contribution in [0, 0.1) is 5.82 Å². The van der Waals surface area contributed by atoms with E-state index in [1.54, 1.807) is 33.0 Å². The van der Waals surface area contributed by atoms with Gasteiger partial charge in [-0.3, -0.25) is 9.59 Å². The third-order valence-corrected chi connectivity index (χ3v) is 6.16. The van der Waals surface area contributed by atoms with Gasteiger partial charge in [0, 0.05) is 44.5 Å². The Kier molecular flexibility index (Phi) is 4.95. The topological polar surface area (TPSA) is 90.4 Å². The quantitative estimate of drug-likeness (QED) is 0.702. The van der Waals surface area contributed by atoms with Crippen LogP contribution < -0.4 is 0 Å². The molecular formula is C19H19FN4O4S. The lowest BCUT2D eigenvalue weighted by molar-refractivity contribution is -0.128. The highest BCUT2D eigenvalue weighted by Gasteiger charge is 2.29. The molecule has 3 heterocycles. The van der Waals surface area contributed by atoms with E-state index in [-0.39, 0.29) is 29.7 Å². The molecule has 0 spiro atoms. The molecule has 1 fully saturated rings. The van der Waals surface area contributed by atoms with Crippen LogP contribution >= 0.6 is 0 Å². The first-order valence-electron chi connectivity index (χ1n) is 9.16. The van der Waals surface area contributed by atoms with Crippen LogP contribution in [0.25, 0.3) is 0 Å². The fourth-order valence-electron chi connectivity index (χ4n) is 3.43. The Hall–Kier alpha value is -3.01. The SMILES string of the molecule is O=C(C1=CN2CCS(=O)(=O)N=C2C=C1)N1CCN(C(=O)c2cccc(F)c2)CC1. The molecule has 8 nitrogen and oxygen atoms in total. The zero-order valence-electron chi connectivity index (χ0n) is 15.5. The highest BCUT2D eigenvalue weighted by molar-refractivity contribution is 7.90. The Bertz CT molecular complexity index is 1060. The molecule has 0 atom stereocenters.